The van der Waals surface area contributed by atoms with Gasteiger partial charge in [0.25, 0.3) is 0 Å². The van der Waals surface area contributed by atoms with Crippen LogP contribution in [0.1, 0.15) is 20.3 Å². The molecule has 0 aliphatic carbocycles. The lowest BCUT2D eigenvalue weighted by molar-refractivity contribution is 0.723. The first-order valence-corrected chi connectivity index (χ1v) is 2.58. The Labute approximate surface area is 45.9 Å². The number of hydrogen-bond acceptors (Lipinski definition) is 0. The van der Waals surface area contributed by atoms with Crippen LogP contribution >= 0.6 is 0 Å². The predicted molar refractivity (Wildman–Crippen MR) is 32.6 cm³/mol. The molecule has 0 saturated carbocycles. The van der Waals surface area contributed by atoms with Crippen molar-refractivity contribution in [2.24, 2.45) is 5.92 Å². The fraction of sp³-hybridized carbons (Fsp3) is 0.571. The summed E-state index contributed by atoms with van der Waals surface area (Å²) in [6.07, 6.45) is 1.13. The summed E-state index contributed by atoms with van der Waals surface area (Å²) in [6.45, 7) is 7.63. The summed E-state index contributed by atoms with van der Waals surface area (Å²) >= 11 is 0. The lowest BCUT2D eigenvalue weighted by Crippen LogP contribution is -1.83. The molecule has 0 saturated heterocycles. The summed E-state index contributed by atoms with van der Waals surface area (Å²) in [7, 11) is 0. The monoisotopic (exact) mass is 95.1 g/mol. The van der Waals surface area contributed by atoms with Gasteiger partial charge in [-0.15, -0.1) is 11.8 Å². The van der Waals surface area contributed by atoms with Gasteiger partial charge in [0.1, 0.15) is 0 Å². The standard InChI is InChI=1S/C7H11/c1-4-6-7(3)5-2/h7H,1,5H2,2-3H3. The van der Waals surface area contributed by atoms with Crippen molar-refractivity contribution in [1.82, 2.24) is 0 Å². The van der Waals surface area contributed by atoms with Crippen LogP contribution in [0, 0.1) is 24.7 Å². The largest absolute Gasteiger partial charge is 0.102 e. The third-order valence-corrected chi connectivity index (χ3v) is 0.961. The second-order valence-corrected chi connectivity index (χ2v) is 1.63. The molecule has 0 fully saturated rings. The van der Waals surface area contributed by atoms with Crippen molar-refractivity contribution in [3.05, 3.63) is 6.92 Å². The van der Waals surface area contributed by atoms with Crippen LogP contribution in [-0.2, 0) is 0 Å². The average molecular weight is 95.2 g/mol. The molecular weight excluding hydrogens is 84.1 g/mol. The highest BCUT2D eigenvalue weighted by Crippen LogP contribution is 1.95. The molecule has 39 valence electrons. The third kappa shape index (κ3) is 3.39. The molecule has 0 rings (SSSR count). The van der Waals surface area contributed by atoms with Crippen LogP contribution in [0.4, 0.5) is 0 Å². The molecule has 0 N–H and O–H groups in total. The minimum atomic E-state index is 0.525. The summed E-state index contributed by atoms with van der Waals surface area (Å²) in [6, 6.07) is 0. The molecule has 1 unspecified atom stereocenters. The number of rotatable bonds is 1. The lowest BCUT2D eigenvalue weighted by atomic mass is 10.1. The Morgan fingerprint density at radius 1 is 1.71 bits per heavy atom. The molecule has 7 heavy (non-hydrogen) atoms. The minimum absolute atomic E-state index is 0.525. The molecule has 0 aromatic heterocycles. The van der Waals surface area contributed by atoms with E-state index < -0.39 is 0 Å². The van der Waals surface area contributed by atoms with Gasteiger partial charge in [-0.2, -0.15) is 0 Å². The van der Waals surface area contributed by atoms with Crippen LogP contribution in [0.3, 0.4) is 0 Å². The first-order chi connectivity index (χ1) is 3.31. The van der Waals surface area contributed by atoms with Crippen molar-refractivity contribution in [2.45, 2.75) is 20.3 Å². The number of hydrogen-bond donors (Lipinski definition) is 0. The van der Waals surface area contributed by atoms with Crippen LogP contribution in [0.25, 0.3) is 0 Å². The third-order valence-electron chi connectivity index (χ3n) is 0.961. The Hall–Kier alpha value is -0.440. The summed E-state index contributed by atoms with van der Waals surface area (Å²) in [5.74, 6) is 6.08. The average Bonchev–Trinajstić information content (AvgIpc) is 1.68. The van der Waals surface area contributed by atoms with Gasteiger partial charge < -0.3 is 0 Å². The molecular formula is C7H11. The van der Waals surface area contributed by atoms with E-state index in [1.54, 1.807) is 0 Å². The van der Waals surface area contributed by atoms with E-state index in [0.29, 0.717) is 5.92 Å². The summed E-state index contributed by atoms with van der Waals surface area (Å²) < 4.78 is 0. The van der Waals surface area contributed by atoms with E-state index in [9.17, 15) is 0 Å². The predicted octanol–water partition coefficient (Wildman–Crippen LogP) is 1.87. The topological polar surface area (TPSA) is 0 Å². The van der Waals surface area contributed by atoms with Gasteiger partial charge in [-0.25, -0.2) is 0 Å². The van der Waals surface area contributed by atoms with Crippen molar-refractivity contribution in [1.29, 1.82) is 0 Å². The first kappa shape index (κ1) is 6.56. The molecule has 0 bridgehead atoms. The van der Waals surface area contributed by atoms with Crippen LogP contribution in [0.2, 0.25) is 0 Å². The highest BCUT2D eigenvalue weighted by atomic mass is 13.9. The lowest BCUT2D eigenvalue weighted by Gasteiger charge is -1.91. The maximum absolute atomic E-state index is 3.41. The van der Waals surface area contributed by atoms with Crippen molar-refractivity contribution in [3.8, 4) is 11.8 Å². The van der Waals surface area contributed by atoms with Gasteiger partial charge in [0.2, 0.25) is 0 Å². The maximum Gasteiger partial charge on any atom is 0.0199 e. The van der Waals surface area contributed by atoms with Crippen molar-refractivity contribution in [3.63, 3.8) is 0 Å². The normalized spacial score (nSPS) is 11.9. The molecule has 0 aliphatic heterocycles. The molecule has 1 atom stereocenters. The fourth-order valence-corrected chi connectivity index (χ4v) is 0.276. The molecule has 0 spiro atoms. The van der Waals surface area contributed by atoms with Gasteiger partial charge in [-0.3, -0.25) is 0 Å². The molecule has 1 radical (unpaired) electrons. The Bertz CT molecular complexity index is 81.9. The zero-order valence-electron chi connectivity index (χ0n) is 4.99. The Balaban J connectivity index is 3.29. The SMILES string of the molecule is [CH2]C#CC(C)CC. The maximum atomic E-state index is 3.41. The van der Waals surface area contributed by atoms with E-state index in [1.165, 1.54) is 0 Å². The van der Waals surface area contributed by atoms with Gasteiger partial charge in [0.15, 0.2) is 0 Å². The summed E-state index contributed by atoms with van der Waals surface area (Å²) in [5, 5.41) is 0. The minimum Gasteiger partial charge on any atom is -0.102 e. The molecule has 0 amide bonds. The van der Waals surface area contributed by atoms with Gasteiger partial charge in [0.05, 0.1) is 0 Å². The first-order valence-electron chi connectivity index (χ1n) is 2.58. The van der Waals surface area contributed by atoms with Crippen molar-refractivity contribution in [2.75, 3.05) is 0 Å². The quantitative estimate of drug-likeness (QED) is 0.436. The highest BCUT2D eigenvalue weighted by molar-refractivity contribution is 5.04. The van der Waals surface area contributed by atoms with E-state index >= 15 is 0 Å². The van der Waals surface area contributed by atoms with E-state index in [-0.39, 0.29) is 0 Å². The smallest absolute Gasteiger partial charge is 0.0199 e. The Morgan fingerprint density at radius 3 is 2.43 bits per heavy atom. The van der Waals surface area contributed by atoms with Crippen LogP contribution in [0.15, 0.2) is 0 Å². The highest BCUT2D eigenvalue weighted by Gasteiger charge is 1.86. The van der Waals surface area contributed by atoms with Crippen molar-refractivity contribution >= 4 is 0 Å². The van der Waals surface area contributed by atoms with Gasteiger partial charge in [-0.1, -0.05) is 13.8 Å². The molecule has 0 aliphatic rings. The summed E-state index contributed by atoms with van der Waals surface area (Å²) in [5.41, 5.74) is 0. The second-order valence-electron chi connectivity index (χ2n) is 1.63. The molecule has 0 heteroatoms. The molecule has 0 nitrogen and oxygen atoms in total. The summed E-state index contributed by atoms with van der Waals surface area (Å²) in [4.78, 5) is 0. The van der Waals surface area contributed by atoms with Crippen LogP contribution in [-0.4, -0.2) is 0 Å². The van der Waals surface area contributed by atoms with E-state index in [2.05, 4.69) is 32.6 Å². The Morgan fingerprint density at radius 2 is 2.29 bits per heavy atom. The Kier molecular flexibility index (Phi) is 3.50. The van der Waals surface area contributed by atoms with Crippen molar-refractivity contribution < 1.29 is 0 Å². The molecule has 0 aromatic rings. The zero-order chi connectivity index (χ0) is 5.70. The van der Waals surface area contributed by atoms with Gasteiger partial charge >= 0.3 is 0 Å². The van der Waals surface area contributed by atoms with Crippen LogP contribution in [0.5, 0.6) is 0 Å². The van der Waals surface area contributed by atoms with Crippen LogP contribution < -0.4 is 0 Å². The van der Waals surface area contributed by atoms with E-state index in [4.69, 9.17) is 0 Å². The zero-order valence-corrected chi connectivity index (χ0v) is 4.99. The second kappa shape index (κ2) is 3.74. The molecule has 0 heterocycles. The van der Waals surface area contributed by atoms with E-state index in [0.717, 1.165) is 6.42 Å². The van der Waals surface area contributed by atoms with E-state index in [1.807, 2.05) is 0 Å². The fourth-order valence-electron chi connectivity index (χ4n) is 0.276. The molecule has 0 aromatic carbocycles. The van der Waals surface area contributed by atoms with Gasteiger partial charge in [-0.05, 0) is 6.42 Å². The van der Waals surface area contributed by atoms with Gasteiger partial charge in [0, 0.05) is 12.8 Å².